The molecule has 0 aromatic rings. The molecule has 1 fully saturated rings. The molecular weight excluding hydrogens is 228 g/mol. The van der Waals surface area contributed by atoms with Crippen LogP contribution in [0.15, 0.2) is 0 Å². The van der Waals surface area contributed by atoms with Crippen LogP contribution in [0.2, 0.25) is 0 Å². The summed E-state index contributed by atoms with van der Waals surface area (Å²) in [6, 6.07) is 0.231. The summed E-state index contributed by atoms with van der Waals surface area (Å²) >= 11 is 0. The number of nitrogens with one attached hydrogen (secondary N) is 1. The first-order chi connectivity index (χ1) is 7.42. The number of nitrogens with zero attached hydrogens (tertiary/aromatic N) is 1. The zero-order valence-electron chi connectivity index (χ0n) is 10.3. The van der Waals surface area contributed by atoms with Crippen LogP contribution in [0.5, 0.6) is 0 Å². The molecule has 0 saturated carbocycles. The maximum atomic E-state index is 11.9. The smallest absolute Gasteiger partial charge is 0.216 e. The number of ether oxygens (including phenoxy) is 1. The third-order valence-corrected chi connectivity index (χ3v) is 4.32. The van der Waals surface area contributed by atoms with E-state index in [4.69, 9.17) is 4.74 Å². The zero-order valence-corrected chi connectivity index (χ0v) is 11.1. The molecule has 0 amide bonds. The Balaban J connectivity index is 2.43. The van der Waals surface area contributed by atoms with Crippen LogP contribution in [0.4, 0.5) is 0 Å². The molecular formula is C10H22N2O3S. The Labute approximate surface area is 98.2 Å². The molecule has 0 aliphatic carbocycles. The van der Waals surface area contributed by atoms with Gasteiger partial charge < -0.3 is 10.1 Å². The molecule has 0 radical (unpaired) electrons. The van der Waals surface area contributed by atoms with E-state index in [1.165, 1.54) is 0 Å². The highest BCUT2D eigenvalue weighted by Gasteiger charge is 2.26. The topological polar surface area (TPSA) is 58.6 Å². The van der Waals surface area contributed by atoms with E-state index in [2.05, 4.69) is 5.32 Å². The van der Waals surface area contributed by atoms with Gasteiger partial charge >= 0.3 is 0 Å². The lowest BCUT2D eigenvalue weighted by molar-refractivity contribution is 0.0905. The van der Waals surface area contributed by atoms with Crippen LogP contribution in [-0.4, -0.2) is 56.9 Å². The summed E-state index contributed by atoms with van der Waals surface area (Å²) in [5.41, 5.74) is 0. The first kappa shape index (κ1) is 13.9. The van der Waals surface area contributed by atoms with Gasteiger partial charge in [-0.15, -0.1) is 0 Å². The van der Waals surface area contributed by atoms with Gasteiger partial charge in [0, 0.05) is 25.7 Å². The van der Waals surface area contributed by atoms with Crippen LogP contribution in [0.1, 0.15) is 20.8 Å². The van der Waals surface area contributed by atoms with E-state index >= 15 is 0 Å². The van der Waals surface area contributed by atoms with Crippen molar-refractivity contribution in [2.75, 3.05) is 32.0 Å². The summed E-state index contributed by atoms with van der Waals surface area (Å²) < 4.78 is 30.7. The summed E-state index contributed by atoms with van der Waals surface area (Å²) in [5, 5.41) is 3.22. The molecule has 1 atom stereocenters. The van der Waals surface area contributed by atoms with Gasteiger partial charge in [-0.05, 0) is 20.8 Å². The Bertz CT molecular complexity index is 303. The van der Waals surface area contributed by atoms with Gasteiger partial charge in [-0.3, -0.25) is 0 Å². The normalized spacial score (nSPS) is 23.9. The van der Waals surface area contributed by atoms with Crippen LogP contribution in [0, 0.1) is 0 Å². The molecule has 1 aliphatic heterocycles. The van der Waals surface area contributed by atoms with Crippen molar-refractivity contribution < 1.29 is 13.2 Å². The third kappa shape index (κ3) is 4.37. The molecule has 6 heteroatoms. The van der Waals surface area contributed by atoms with Crippen LogP contribution in [0.25, 0.3) is 0 Å². The van der Waals surface area contributed by atoms with Gasteiger partial charge in [-0.25, -0.2) is 8.42 Å². The van der Waals surface area contributed by atoms with Crippen LogP contribution in [-0.2, 0) is 14.8 Å². The summed E-state index contributed by atoms with van der Waals surface area (Å²) in [6.07, 6.45) is 0.0807. The van der Waals surface area contributed by atoms with E-state index < -0.39 is 10.0 Å². The second-order valence-corrected chi connectivity index (χ2v) is 6.54. The largest absolute Gasteiger partial charge is 0.378 e. The molecule has 0 aromatic carbocycles. The van der Waals surface area contributed by atoms with E-state index in [0.29, 0.717) is 13.1 Å². The fraction of sp³-hybridized carbons (Fsp3) is 1.00. The van der Waals surface area contributed by atoms with Gasteiger partial charge in [-0.2, -0.15) is 4.31 Å². The van der Waals surface area contributed by atoms with Crippen molar-refractivity contribution in [1.82, 2.24) is 9.62 Å². The molecule has 1 heterocycles. The van der Waals surface area contributed by atoms with E-state index in [0.717, 1.165) is 6.54 Å². The molecule has 0 bridgehead atoms. The van der Waals surface area contributed by atoms with Gasteiger partial charge in [0.25, 0.3) is 0 Å². The summed E-state index contributed by atoms with van der Waals surface area (Å²) in [6.45, 7) is 7.92. The van der Waals surface area contributed by atoms with Crippen molar-refractivity contribution in [3.05, 3.63) is 0 Å². The molecule has 96 valence electrons. The quantitative estimate of drug-likeness (QED) is 0.748. The number of rotatable bonds is 5. The van der Waals surface area contributed by atoms with Crippen molar-refractivity contribution in [2.45, 2.75) is 32.9 Å². The van der Waals surface area contributed by atoms with Gasteiger partial charge in [0.05, 0.1) is 18.5 Å². The SMILES string of the molecule is CC(C)OCCS(=O)(=O)N1CCN[C@@H](C)C1. The molecule has 5 nitrogen and oxygen atoms in total. The third-order valence-electron chi connectivity index (χ3n) is 2.52. The van der Waals surface area contributed by atoms with Gasteiger partial charge in [0.15, 0.2) is 0 Å². The van der Waals surface area contributed by atoms with Crippen LogP contribution >= 0.6 is 0 Å². The summed E-state index contributed by atoms with van der Waals surface area (Å²) in [4.78, 5) is 0. The highest BCUT2D eigenvalue weighted by molar-refractivity contribution is 7.89. The molecule has 1 saturated heterocycles. The second kappa shape index (κ2) is 5.95. The van der Waals surface area contributed by atoms with Crippen molar-refractivity contribution >= 4 is 10.0 Å². The molecule has 0 spiro atoms. The number of hydrogen-bond donors (Lipinski definition) is 1. The lowest BCUT2D eigenvalue weighted by Gasteiger charge is -2.31. The summed E-state index contributed by atoms with van der Waals surface area (Å²) in [7, 11) is -3.14. The lowest BCUT2D eigenvalue weighted by atomic mass is 10.3. The van der Waals surface area contributed by atoms with E-state index in [1.807, 2.05) is 20.8 Å². The standard InChI is InChI=1S/C10H22N2O3S/c1-9(2)15-6-7-16(13,14)12-5-4-11-10(3)8-12/h9-11H,4-8H2,1-3H3/t10-/m0/s1. The average molecular weight is 250 g/mol. The maximum Gasteiger partial charge on any atom is 0.216 e. The minimum absolute atomic E-state index is 0.0807. The van der Waals surface area contributed by atoms with Crippen LogP contribution in [0.3, 0.4) is 0 Å². The number of hydrogen-bond acceptors (Lipinski definition) is 4. The van der Waals surface area contributed by atoms with E-state index in [9.17, 15) is 8.42 Å². The van der Waals surface area contributed by atoms with E-state index in [-0.39, 0.29) is 24.5 Å². The van der Waals surface area contributed by atoms with Gasteiger partial charge in [0.2, 0.25) is 10.0 Å². The predicted molar refractivity (Wildman–Crippen MR) is 63.9 cm³/mol. The lowest BCUT2D eigenvalue weighted by Crippen LogP contribution is -2.52. The Hall–Kier alpha value is -0.170. The Morgan fingerprint density at radius 1 is 1.50 bits per heavy atom. The van der Waals surface area contributed by atoms with Crippen molar-refractivity contribution in [3.8, 4) is 0 Å². The van der Waals surface area contributed by atoms with E-state index in [1.54, 1.807) is 4.31 Å². The van der Waals surface area contributed by atoms with Crippen molar-refractivity contribution in [1.29, 1.82) is 0 Å². The highest BCUT2D eigenvalue weighted by Crippen LogP contribution is 2.06. The number of sulfonamides is 1. The molecule has 1 aliphatic rings. The second-order valence-electron chi connectivity index (χ2n) is 4.45. The summed E-state index contributed by atoms with van der Waals surface area (Å²) in [5.74, 6) is 0.0812. The minimum atomic E-state index is -3.14. The average Bonchev–Trinajstić information content (AvgIpc) is 2.16. The van der Waals surface area contributed by atoms with Crippen molar-refractivity contribution in [2.24, 2.45) is 0 Å². The zero-order chi connectivity index (χ0) is 12.2. The van der Waals surface area contributed by atoms with Crippen molar-refractivity contribution in [3.63, 3.8) is 0 Å². The Kier molecular flexibility index (Phi) is 5.17. The monoisotopic (exact) mass is 250 g/mol. The van der Waals surface area contributed by atoms with Gasteiger partial charge in [-0.1, -0.05) is 0 Å². The molecule has 1 N–H and O–H groups in total. The molecule has 0 aromatic heterocycles. The molecule has 16 heavy (non-hydrogen) atoms. The fourth-order valence-corrected chi connectivity index (χ4v) is 3.05. The maximum absolute atomic E-state index is 11.9. The predicted octanol–water partition coefficient (Wildman–Crippen LogP) is 0.0349. The number of piperazine rings is 1. The molecule has 0 unspecified atom stereocenters. The minimum Gasteiger partial charge on any atom is -0.378 e. The molecule has 1 rings (SSSR count). The Morgan fingerprint density at radius 3 is 2.75 bits per heavy atom. The fourth-order valence-electron chi connectivity index (χ4n) is 1.67. The first-order valence-electron chi connectivity index (χ1n) is 5.74. The first-order valence-corrected chi connectivity index (χ1v) is 7.35. The highest BCUT2D eigenvalue weighted by atomic mass is 32.2. The van der Waals surface area contributed by atoms with Crippen LogP contribution < -0.4 is 5.32 Å². The Morgan fingerprint density at radius 2 is 2.19 bits per heavy atom. The van der Waals surface area contributed by atoms with Gasteiger partial charge in [0.1, 0.15) is 0 Å².